The van der Waals surface area contributed by atoms with Gasteiger partial charge in [0.15, 0.2) is 0 Å². The fraction of sp³-hybridized carbons (Fsp3) is 0.600. The van der Waals surface area contributed by atoms with Gasteiger partial charge in [0, 0.05) is 18.7 Å². The quantitative estimate of drug-likeness (QED) is 0.929. The van der Waals surface area contributed by atoms with Gasteiger partial charge in [0.1, 0.15) is 5.75 Å². The van der Waals surface area contributed by atoms with E-state index in [-0.39, 0.29) is 12.8 Å². The molecule has 1 fully saturated rings. The number of alkyl halides is 3. The van der Waals surface area contributed by atoms with Crippen LogP contribution in [-0.2, 0) is 13.1 Å². The van der Waals surface area contributed by atoms with Crippen LogP contribution in [0.2, 0.25) is 0 Å². The van der Waals surface area contributed by atoms with Gasteiger partial charge in [-0.1, -0.05) is 6.07 Å². The van der Waals surface area contributed by atoms with E-state index < -0.39 is 12.1 Å². The summed E-state index contributed by atoms with van der Waals surface area (Å²) < 4.78 is 43.1. The van der Waals surface area contributed by atoms with Gasteiger partial charge >= 0.3 is 6.18 Å². The van der Waals surface area contributed by atoms with Crippen molar-refractivity contribution in [2.75, 3.05) is 20.2 Å². The van der Waals surface area contributed by atoms with Crippen LogP contribution >= 0.6 is 0 Å². The zero-order valence-electron chi connectivity index (χ0n) is 12.1. The maximum atomic E-state index is 12.6. The van der Waals surface area contributed by atoms with Gasteiger partial charge in [0.05, 0.1) is 13.0 Å². The SMILES string of the molecule is COc1ccc(CN2CCC(C(F)(F)F)CC2)cc1CN. The highest BCUT2D eigenvalue weighted by Gasteiger charge is 2.40. The van der Waals surface area contributed by atoms with Crippen molar-refractivity contribution in [3.8, 4) is 5.75 Å². The van der Waals surface area contributed by atoms with Crippen LogP contribution in [0.4, 0.5) is 13.2 Å². The summed E-state index contributed by atoms with van der Waals surface area (Å²) in [6, 6.07) is 5.77. The Morgan fingerprint density at radius 1 is 1.29 bits per heavy atom. The Labute approximate surface area is 122 Å². The Kier molecular flexibility index (Phi) is 5.11. The van der Waals surface area contributed by atoms with Crippen LogP contribution in [0.25, 0.3) is 0 Å². The molecule has 1 heterocycles. The van der Waals surface area contributed by atoms with Crippen molar-refractivity contribution in [3.63, 3.8) is 0 Å². The monoisotopic (exact) mass is 302 g/mol. The van der Waals surface area contributed by atoms with Gasteiger partial charge in [0.2, 0.25) is 0 Å². The first-order valence-corrected chi connectivity index (χ1v) is 7.09. The van der Waals surface area contributed by atoms with E-state index >= 15 is 0 Å². The first kappa shape index (κ1) is 16.1. The third kappa shape index (κ3) is 4.11. The molecule has 118 valence electrons. The van der Waals surface area contributed by atoms with E-state index in [4.69, 9.17) is 10.5 Å². The first-order chi connectivity index (χ1) is 9.94. The lowest BCUT2D eigenvalue weighted by molar-refractivity contribution is -0.185. The van der Waals surface area contributed by atoms with Crippen molar-refractivity contribution in [2.45, 2.75) is 32.1 Å². The smallest absolute Gasteiger partial charge is 0.391 e. The van der Waals surface area contributed by atoms with E-state index in [1.165, 1.54) is 0 Å². The highest BCUT2D eigenvalue weighted by Crippen LogP contribution is 2.34. The van der Waals surface area contributed by atoms with E-state index in [0.717, 1.165) is 16.9 Å². The lowest BCUT2D eigenvalue weighted by Gasteiger charge is -2.33. The largest absolute Gasteiger partial charge is 0.496 e. The third-order valence-electron chi connectivity index (χ3n) is 4.02. The van der Waals surface area contributed by atoms with Crippen LogP contribution in [0.1, 0.15) is 24.0 Å². The average molecular weight is 302 g/mol. The molecular weight excluding hydrogens is 281 g/mol. The normalized spacial score (nSPS) is 18.0. The van der Waals surface area contributed by atoms with Gasteiger partial charge in [-0.2, -0.15) is 13.2 Å². The minimum Gasteiger partial charge on any atom is -0.496 e. The number of hydrogen-bond donors (Lipinski definition) is 1. The molecule has 2 rings (SSSR count). The molecule has 1 saturated heterocycles. The molecule has 0 radical (unpaired) electrons. The third-order valence-corrected chi connectivity index (χ3v) is 4.02. The topological polar surface area (TPSA) is 38.5 Å². The van der Waals surface area contributed by atoms with Crippen LogP contribution in [0, 0.1) is 5.92 Å². The van der Waals surface area contributed by atoms with Gasteiger partial charge in [0.25, 0.3) is 0 Å². The molecule has 1 aliphatic rings. The van der Waals surface area contributed by atoms with Crippen molar-refractivity contribution < 1.29 is 17.9 Å². The van der Waals surface area contributed by atoms with E-state index in [1.54, 1.807) is 7.11 Å². The number of halogens is 3. The van der Waals surface area contributed by atoms with E-state index in [9.17, 15) is 13.2 Å². The van der Waals surface area contributed by atoms with Crippen molar-refractivity contribution in [1.82, 2.24) is 4.90 Å². The molecule has 0 bridgehead atoms. The zero-order chi connectivity index (χ0) is 15.5. The molecule has 2 N–H and O–H groups in total. The maximum Gasteiger partial charge on any atom is 0.391 e. The fourth-order valence-electron chi connectivity index (χ4n) is 2.77. The summed E-state index contributed by atoms with van der Waals surface area (Å²) in [5, 5.41) is 0. The molecule has 21 heavy (non-hydrogen) atoms. The number of benzene rings is 1. The summed E-state index contributed by atoms with van der Waals surface area (Å²) in [6.07, 6.45) is -3.69. The second-order valence-electron chi connectivity index (χ2n) is 5.44. The second kappa shape index (κ2) is 6.66. The molecule has 0 aliphatic carbocycles. The molecule has 1 aromatic rings. The summed E-state index contributed by atoms with van der Waals surface area (Å²) in [7, 11) is 1.59. The lowest BCUT2D eigenvalue weighted by Crippen LogP contribution is -2.38. The molecule has 1 aliphatic heterocycles. The van der Waals surface area contributed by atoms with Crippen LogP contribution in [-0.4, -0.2) is 31.3 Å². The molecule has 0 unspecified atom stereocenters. The first-order valence-electron chi connectivity index (χ1n) is 7.09. The van der Waals surface area contributed by atoms with Crippen molar-refractivity contribution in [2.24, 2.45) is 11.7 Å². The number of nitrogens with two attached hydrogens (primary N) is 1. The molecule has 0 atom stereocenters. The summed E-state index contributed by atoms with van der Waals surface area (Å²) in [5.74, 6) is -0.402. The van der Waals surface area contributed by atoms with Crippen LogP contribution in [0.15, 0.2) is 18.2 Å². The maximum absolute atomic E-state index is 12.6. The van der Waals surface area contributed by atoms with E-state index in [2.05, 4.69) is 4.90 Å². The number of likely N-dealkylation sites (tertiary alicyclic amines) is 1. The average Bonchev–Trinajstić information content (AvgIpc) is 2.46. The molecule has 6 heteroatoms. The summed E-state index contributed by atoms with van der Waals surface area (Å²) >= 11 is 0. The fourth-order valence-corrected chi connectivity index (χ4v) is 2.77. The molecule has 3 nitrogen and oxygen atoms in total. The van der Waals surface area contributed by atoms with Crippen molar-refractivity contribution in [3.05, 3.63) is 29.3 Å². The molecule has 0 aromatic heterocycles. The standard InChI is InChI=1S/C15H21F3N2O/c1-21-14-3-2-11(8-12(14)9-19)10-20-6-4-13(5-7-20)15(16,17)18/h2-3,8,13H,4-7,9-10,19H2,1H3. The Morgan fingerprint density at radius 3 is 2.48 bits per heavy atom. The zero-order valence-corrected chi connectivity index (χ0v) is 12.1. The molecule has 1 aromatic carbocycles. The summed E-state index contributed by atoms with van der Waals surface area (Å²) in [5.41, 5.74) is 7.65. The van der Waals surface area contributed by atoms with E-state index in [0.29, 0.717) is 26.2 Å². The predicted octanol–water partition coefficient (Wildman–Crippen LogP) is 2.93. The van der Waals surface area contributed by atoms with Gasteiger partial charge in [-0.05, 0) is 43.6 Å². The number of methoxy groups -OCH3 is 1. The van der Waals surface area contributed by atoms with Gasteiger partial charge in [-0.25, -0.2) is 0 Å². The number of hydrogen-bond acceptors (Lipinski definition) is 3. The molecule has 0 spiro atoms. The number of rotatable bonds is 4. The van der Waals surface area contributed by atoms with Crippen molar-refractivity contribution >= 4 is 0 Å². The highest BCUT2D eigenvalue weighted by molar-refractivity contribution is 5.37. The molecule has 0 amide bonds. The minimum absolute atomic E-state index is 0.184. The number of ether oxygens (including phenoxy) is 1. The van der Waals surface area contributed by atoms with Crippen LogP contribution in [0.5, 0.6) is 5.75 Å². The highest BCUT2D eigenvalue weighted by atomic mass is 19.4. The Hall–Kier alpha value is -1.27. The summed E-state index contributed by atoms with van der Waals surface area (Å²) in [6.45, 7) is 2.00. The predicted molar refractivity (Wildman–Crippen MR) is 74.9 cm³/mol. The number of nitrogens with zero attached hydrogens (tertiary/aromatic N) is 1. The van der Waals surface area contributed by atoms with Crippen molar-refractivity contribution in [1.29, 1.82) is 0 Å². The van der Waals surface area contributed by atoms with Crippen LogP contribution < -0.4 is 10.5 Å². The molecule has 0 saturated carbocycles. The Bertz CT molecular complexity index is 468. The van der Waals surface area contributed by atoms with E-state index in [1.807, 2.05) is 18.2 Å². The second-order valence-corrected chi connectivity index (χ2v) is 5.44. The van der Waals surface area contributed by atoms with Gasteiger partial charge in [-0.3, -0.25) is 4.90 Å². The van der Waals surface area contributed by atoms with Gasteiger partial charge < -0.3 is 10.5 Å². The Morgan fingerprint density at radius 2 is 1.95 bits per heavy atom. The van der Waals surface area contributed by atoms with Gasteiger partial charge in [-0.15, -0.1) is 0 Å². The lowest BCUT2D eigenvalue weighted by atomic mass is 9.96. The number of piperidine rings is 1. The Balaban J connectivity index is 1.95. The summed E-state index contributed by atoms with van der Waals surface area (Å²) in [4.78, 5) is 2.06. The molecular formula is C15H21F3N2O. The minimum atomic E-state index is -4.06. The van der Waals surface area contributed by atoms with Crippen LogP contribution in [0.3, 0.4) is 0 Å².